The molecule has 0 radical (unpaired) electrons. The first-order valence-corrected chi connectivity index (χ1v) is 11.6. The molecular formula is C24H28N6OS. The van der Waals surface area contributed by atoms with Gasteiger partial charge in [0, 0.05) is 19.1 Å². The summed E-state index contributed by atoms with van der Waals surface area (Å²) in [6.07, 6.45) is 2.48. The van der Waals surface area contributed by atoms with Crippen LogP contribution in [0.5, 0.6) is 0 Å². The molecule has 166 valence electrons. The predicted molar refractivity (Wildman–Crippen MR) is 128 cm³/mol. The molecule has 7 nitrogen and oxygen atoms in total. The van der Waals surface area contributed by atoms with E-state index in [0.717, 1.165) is 31.5 Å². The maximum absolute atomic E-state index is 12.3. The van der Waals surface area contributed by atoms with Crippen molar-refractivity contribution in [2.75, 3.05) is 32.1 Å². The van der Waals surface area contributed by atoms with Gasteiger partial charge in [-0.05, 0) is 44.5 Å². The van der Waals surface area contributed by atoms with Crippen LogP contribution in [-0.2, 0) is 11.2 Å². The number of carbonyl (C=O) groups excluding carboxylic acids is 1. The van der Waals surface area contributed by atoms with E-state index < -0.39 is 11.2 Å². The van der Waals surface area contributed by atoms with E-state index >= 15 is 0 Å². The molecule has 1 saturated heterocycles. The summed E-state index contributed by atoms with van der Waals surface area (Å²) >= 11 is 1.19. The highest BCUT2D eigenvalue weighted by molar-refractivity contribution is 8.00. The van der Waals surface area contributed by atoms with Gasteiger partial charge >= 0.3 is 0 Å². The summed E-state index contributed by atoms with van der Waals surface area (Å²) in [6, 6.07) is 12.0. The van der Waals surface area contributed by atoms with Crippen LogP contribution in [0.1, 0.15) is 41.7 Å². The summed E-state index contributed by atoms with van der Waals surface area (Å²) in [6.45, 7) is 11.3. The van der Waals surface area contributed by atoms with Gasteiger partial charge in [0.25, 0.3) is 0 Å². The van der Waals surface area contributed by atoms with Gasteiger partial charge in [-0.25, -0.2) is 9.83 Å². The normalized spacial score (nSPS) is 15.2. The van der Waals surface area contributed by atoms with Crippen LogP contribution >= 0.6 is 11.8 Å². The molecule has 0 saturated carbocycles. The lowest BCUT2D eigenvalue weighted by Crippen LogP contribution is -2.42. The van der Waals surface area contributed by atoms with Gasteiger partial charge in [0.2, 0.25) is 11.6 Å². The largest absolute Gasteiger partial charge is 0.368 e. The molecule has 8 heteroatoms. The third-order valence-electron chi connectivity index (χ3n) is 5.88. The van der Waals surface area contributed by atoms with Crippen LogP contribution < -0.4 is 10.6 Å². The van der Waals surface area contributed by atoms with E-state index in [1.807, 2.05) is 37.3 Å². The number of pyridine rings is 1. The Hall–Kier alpha value is -3.07. The van der Waals surface area contributed by atoms with Crippen molar-refractivity contribution in [3.05, 3.63) is 58.4 Å². The molecule has 0 bridgehead atoms. The number of amides is 1. The van der Waals surface area contributed by atoms with Crippen LogP contribution in [0, 0.1) is 17.9 Å². The van der Waals surface area contributed by atoms with Crippen LogP contribution in [0.15, 0.2) is 35.4 Å². The molecule has 0 aliphatic carbocycles. The van der Waals surface area contributed by atoms with Crippen LogP contribution in [0.3, 0.4) is 0 Å². The molecule has 3 rings (SSSR count). The fraction of sp³-hybridized carbons (Fsp3) is 0.417. The smallest absolute Gasteiger partial charge is 0.235 e. The molecule has 1 aliphatic heterocycles. The Morgan fingerprint density at radius 2 is 2.03 bits per heavy atom. The van der Waals surface area contributed by atoms with Crippen LogP contribution in [0.25, 0.3) is 4.85 Å². The number of hydrogen-bond donors (Lipinski definition) is 1. The second kappa shape index (κ2) is 10.5. The zero-order valence-corrected chi connectivity index (χ0v) is 19.5. The van der Waals surface area contributed by atoms with Crippen molar-refractivity contribution in [3.63, 3.8) is 0 Å². The van der Waals surface area contributed by atoms with Gasteiger partial charge in [0.15, 0.2) is 0 Å². The Balaban J connectivity index is 2.06. The van der Waals surface area contributed by atoms with E-state index in [-0.39, 0.29) is 0 Å². The standard InChI is InChI=1S/C24H28N6OS/c1-5-18-19(15-25)24(32-21(22(26)31)16-9-7-6-8-10-16)28-23(20(18)27-2)30-13-11-17(12-14-30)29(3)4/h6-10,17,21H,5,11-14H2,1,3-4H3,(H2,26,31)/t21-/m1/s1. The lowest BCUT2D eigenvalue weighted by Gasteiger charge is -2.36. The Morgan fingerprint density at radius 1 is 1.38 bits per heavy atom. The zero-order valence-electron chi connectivity index (χ0n) is 18.7. The molecule has 2 N–H and O–H groups in total. The molecule has 1 aromatic carbocycles. The van der Waals surface area contributed by atoms with Gasteiger partial charge in [0.1, 0.15) is 22.2 Å². The second-order valence-corrected chi connectivity index (χ2v) is 9.11. The zero-order chi connectivity index (χ0) is 23.3. The number of nitrogens with two attached hydrogens (primary N) is 1. The van der Waals surface area contributed by atoms with E-state index in [4.69, 9.17) is 17.3 Å². The Bertz CT molecular complexity index is 1050. The highest BCUT2D eigenvalue weighted by Gasteiger charge is 2.29. The first kappa shape index (κ1) is 23.6. The fourth-order valence-corrected chi connectivity index (χ4v) is 5.15. The lowest BCUT2D eigenvalue weighted by molar-refractivity contribution is -0.117. The summed E-state index contributed by atoms with van der Waals surface area (Å²) in [7, 11) is 4.17. The number of thioether (sulfide) groups is 1. The summed E-state index contributed by atoms with van der Waals surface area (Å²) < 4.78 is 0. The second-order valence-electron chi connectivity index (χ2n) is 8.01. The maximum atomic E-state index is 12.3. The van der Waals surface area contributed by atoms with Crippen LogP contribution in [0.4, 0.5) is 11.5 Å². The van der Waals surface area contributed by atoms with Crippen molar-refractivity contribution in [2.45, 2.75) is 42.5 Å². The number of nitrogens with zero attached hydrogens (tertiary/aromatic N) is 5. The van der Waals surface area contributed by atoms with Crippen LogP contribution in [0.2, 0.25) is 0 Å². The minimum Gasteiger partial charge on any atom is -0.368 e. The molecule has 1 aliphatic rings. The number of rotatable bonds is 7. The Labute approximate surface area is 194 Å². The minimum atomic E-state index is -0.674. The van der Waals surface area contributed by atoms with Gasteiger partial charge in [-0.15, -0.1) is 0 Å². The fourth-order valence-electron chi connectivity index (χ4n) is 4.09. The van der Waals surface area contributed by atoms with Gasteiger partial charge < -0.3 is 15.5 Å². The molecule has 0 spiro atoms. The lowest BCUT2D eigenvalue weighted by atomic mass is 10.0. The number of aromatic nitrogens is 1. The molecule has 0 unspecified atom stereocenters. The van der Waals surface area contributed by atoms with Gasteiger partial charge in [-0.1, -0.05) is 49.0 Å². The van der Waals surface area contributed by atoms with Crippen molar-refractivity contribution < 1.29 is 4.79 Å². The van der Waals surface area contributed by atoms with Crippen molar-refractivity contribution in [1.82, 2.24) is 9.88 Å². The van der Waals surface area contributed by atoms with E-state index in [1.54, 1.807) is 0 Å². The minimum absolute atomic E-state index is 0.359. The summed E-state index contributed by atoms with van der Waals surface area (Å²) in [4.78, 5) is 25.2. The van der Waals surface area contributed by atoms with E-state index in [2.05, 4.69) is 34.8 Å². The first-order chi connectivity index (χ1) is 15.4. The van der Waals surface area contributed by atoms with Crippen molar-refractivity contribution in [1.29, 1.82) is 5.26 Å². The molecule has 32 heavy (non-hydrogen) atoms. The number of piperidine rings is 1. The number of primary amides is 1. The van der Waals surface area contributed by atoms with Crippen molar-refractivity contribution in [3.8, 4) is 6.07 Å². The van der Waals surface area contributed by atoms with E-state index in [1.165, 1.54) is 11.8 Å². The summed E-state index contributed by atoms with van der Waals surface area (Å²) in [5.74, 6) is 0.111. The van der Waals surface area contributed by atoms with Crippen LogP contribution in [-0.4, -0.2) is 49.0 Å². The Kier molecular flexibility index (Phi) is 7.74. The third-order valence-corrected chi connectivity index (χ3v) is 7.14. The molecule has 1 atom stereocenters. The maximum Gasteiger partial charge on any atom is 0.235 e. The number of carbonyl (C=O) groups is 1. The number of nitriles is 1. The molecule has 2 heterocycles. The SMILES string of the molecule is [C-]#[N+]c1c(N2CCC(N(C)C)CC2)nc(S[C@@H](C(N)=O)c2ccccc2)c(C#N)c1CC. The Morgan fingerprint density at radius 3 is 2.53 bits per heavy atom. The third kappa shape index (κ3) is 4.88. The average Bonchev–Trinajstić information content (AvgIpc) is 2.81. The molecule has 1 amide bonds. The highest BCUT2D eigenvalue weighted by atomic mass is 32.2. The summed E-state index contributed by atoms with van der Waals surface area (Å²) in [5, 5.41) is 9.71. The monoisotopic (exact) mass is 448 g/mol. The molecule has 2 aromatic rings. The first-order valence-electron chi connectivity index (χ1n) is 10.7. The van der Waals surface area contributed by atoms with Gasteiger partial charge in [-0.3, -0.25) is 4.79 Å². The van der Waals surface area contributed by atoms with Crippen molar-refractivity contribution >= 4 is 29.2 Å². The highest BCUT2D eigenvalue weighted by Crippen LogP contribution is 2.43. The van der Waals surface area contributed by atoms with Gasteiger partial charge in [-0.2, -0.15) is 5.26 Å². The number of anilines is 1. The molecule has 1 fully saturated rings. The molecule has 1 aromatic heterocycles. The number of benzene rings is 1. The summed E-state index contributed by atoms with van der Waals surface area (Å²) in [5.41, 5.74) is 7.96. The predicted octanol–water partition coefficient (Wildman–Crippen LogP) is 3.92. The molecular weight excluding hydrogens is 420 g/mol. The average molecular weight is 449 g/mol. The number of hydrogen-bond acceptors (Lipinski definition) is 6. The van der Waals surface area contributed by atoms with Crippen molar-refractivity contribution in [2.24, 2.45) is 5.73 Å². The quantitative estimate of drug-likeness (QED) is 0.510. The van der Waals surface area contributed by atoms with Gasteiger partial charge in [0.05, 0.1) is 12.1 Å². The van der Waals surface area contributed by atoms with E-state index in [9.17, 15) is 10.1 Å². The topological polar surface area (TPSA) is 90.6 Å². The van der Waals surface area contributed by atoms with E-state index in [0.29, 0.717) is 40.1 Å².